The number of benzene rings is 1. The molecule has 0 bridgehead atoms. The highest BCUT2D eigenvalue weighted by molar-refractivity contribution is 9.10. The Labute approximate surface area is 105 Å². The molecule has 0 amide bonds. The molecule has 0 saturated heterocycles. The Morgan fingerprint density at radius 2 is 1.88 bits per heavy atom. The molecule has 1 unspecified atom stereocenters. The van der Waals surface area contributed by atoms with Gasteiger partial charge in [0, 0.05) is 11.6 Å². The van der Waals surface area contributed by atoms with Crippen molar-refractivity contribution in [2.75, 3.05) is 14.2 Å². The summed E-state index contributed by atoms with van der Waals surface area (Å²) in [5.74, 6) is 1.50. The normalized spacial score (nSPS) is 12.4. The van der Waals surface area contributed by atoms with Gasteiger partial charge in [0.25, 0.3) is 0 Å². The molecule has 0 fully saturated rings. The minimum Gasteiger partial charge on any atom is -0.493 e. The van der Waals surface area contributed by atoms with Gasteiger partial charge in [0.05, 0.1) is 18.7 Å². The van der Waals surface area contributed by atoms with Gasteiger partial charge in [-0.3, -0.25) is 0 Å². The fraction of sp³-hybridized carbons (Fsp3) is 0.500. The summed E-state index contributed by atoms with van der Waals surface area (Å²) in [5.41, 5.74) is 8.10. The quantitative estimate of drug-likeness (QED) is 0.926. The van der Waals surface area contributed by atoms with E-state index in [1.807, 2.05) is 19.9 Å². The zero-order valence-corrected chi connectivity index (χ0v) is 11.7. The van der Waals surface area contributed by atoms with Gasteiger partial charge in [-0.25, -0.2) is 0 Å². The Kier molecular flexibility index (Phi) is 4.62. The Bertz CT molecular complexity index is 378. The van der Waals surface area contributed by atoms with Crippen LogP contribution in [-0.2, 0) is 6.42 Å². The van der Waals surface area contributed by atoms with Crippen LogP contribution in [0.1, 0.15) is 18.1 Å². The van der Waals surface area contributed by atoms with Crippen molar-refractivity contribution in [1.82, 2.24) is 0 Å². The maximum atomic E-state index is 5.84. The highest BCUT2D eigenvalue weighted by atomic mass is 79.9. The zero-order chi connectivity index (χ0) is 12.3. The summed E-state index contributed by atoms with van der Waals surface area (Å²) in [7, 11) is 3.28. The molecule has 1 aromatic rings. The van der Waals surface area contributed by atoms with Crippen LogP contribution in [0.5, 0.6) is 11.5 Å². The minimum atomic E-state index is 0.0958. The molecule has 1 atom stereocenters. The number of hydrogen-bond acceptors (Lipinski definition) is 3. The van der Waals surface area contributed by atoms with Crippen molar-refractivity contribution in [2.24, 2.45) is 5.73 Å². The molecule has 0 aliphatic rings. The van der Waals surface area contributed by atoms with Gasteiger partial charge in [-0.15, -0.1) is 0 Å². The molecule has 1 rings (SSSR count). The molecule has 0 heterocycles. The van der Waals surface area contributed by atoms with Gasteiger partial charge >= 0.3 is 0 Å². The van der Waals surface area contributed by atoms with E-state index < -0.39 is 0 Å². The molecule has 16 heavy (non-hydrogen) atoms. The van der Waals surface area contributed by atoms with E-state index in [2.05, 4.69) is 15.9 Å². The van der Waals surface area contributed by atoms with Crippen molar-refractivity contribution in [3.63, 3.8) is 0 Å². The van der Waals surface area contributed by atoms with E-state index in [1.165, 1.54) is 0 Å². The van der Waals surface area contributed by atoms with Gasteiger partial charge in [-0.1, -0.05) is 0 Å². The monoisotopic (exact) mass is 287 g/mol. The molecular weight excluding hydrogens is 270 g/mol. The van der Waals surface area contributed by atoms with Crippen LogP contribution in [0.3, 0.4) is 0 Å². The maximum Gasteiger partial charge on any atom is 0.175 e. The van der Waals surface area contributed by atoms with Gasteiger partial charge in [-0.05, 0) is 47.8 Å². The summed E-state index contributed by atoms with van der Waals surface area (Å²) in [6.07, 6.45) is 0.776. The Morgan fingerprint density at radius 1 is 1.31 bits per heavy atom. The predicted octanol–water partition coefficient (Wildman–Crippen LogP) is 2.66. The summed E-state index contributed by atoms with van der Waals surface area (Å²) in [6.45, 7) is 4.03. The summed E-state index contributed by atoms with van der Waals surface area (Å²) in [5, 5.41) is 0. The minimum absolute atomic E-state index is 0.0958. The molecule has 0 radical (unpaired) electrons. The smallest absolute Gasteiger partial charge is 0.175 e. The third-order valence-electron chi connectivity index (χ3n) is 2.45. The number of nitrogens with two attached hydrogens (primary N) is 1. The first-order chi connectivity index (χ1) is 7.51. The topological polar surface area (TPSA) is 44.5 Å². The lowest BCUT2D eigenvalue weighted by atomic mass is 10.0. The summed E-state index contributed by atoms with van der Waals surface area (Å²) < 4.78 is 11.7. The second-order valence-corrected chi connectivity index (χ2v) is 4.76. The molecule has 0 spiro atoms. The molecular formula is C12H18BrNO2. The number of hydrogen-bond donors (Lipinski definition) is 1. The second kappa shape index (κ2) is 5.55. The summed E-state index contributed by atoms with van der Waals surface area (Å²) in [4.78, 5) is 0. The molecule has 90 valence electrons. The molecule has 0 saturated carbocycles. The third-order valence-corrected chi connectivity index (χ3v) is 3.04. The van der Waals surface area contributed by atoms with Crippen molar-refractivity contribution in [3.8, 4) is 11.5 Å². The van der Waals surface area contributed by atoms with Crippen LogP contribution in [0.15, 0.2) is 10.5 Å². The number of halogens is 1. The lowest BCUT2D eigenvalue weighted by Gasteiger charge is -2.18. The molecule has 0 aromatic heterocycles. The highest BCUT2D eigenvalue weighted by Gasteiger charge is 2.17. The van der Waals surface area contributed by atoms with Crippen LogP contribution in [0.2, 0.25) is 0 Å². The van der Waals surface area contributed by atoms with Crippen LogP contribution >= 0.6 is 15.9 Å². The molecule has 0 aliphatic carbocycles. The third kappa shape index (κ3) is 2.68. The number of rotatable bonds is 4. The van der Waals surface area contributed by atoms with Gasteiger partial charge in [0.2, 0.25) is 0 Å². The van der Waals surface area contributed by atoms with Gasteiger partial charge in [0.15, 0.2) is 11.5 Å². The van der Waals surface area contributed by atoms with Gasteiger partial charge in [0.1, 0.15) is 0 Å². The fourth-order valence-corrected chi connectivity index (χ4v) is 2.43. The average molecular weight is 288 g/mol. The molecule has 2 N–H and O–H groups in total. The van der Waals surface area contributed by atoms with Crippen molar-refractivity contribution < 1.29 is 9.47 Å². The first kappa shape index (κ1) is 13.3. The standard InChI is InChI=1S/C12H18BrNO2/c1-7-5-10(13)12(16-4)11(15-3)9(7)6-8(2)14/h5,8H,6,14H2,1-4H3. The van der Waals surface area contributed by atoms with Crippen LogP contribution in [-0.4, -0.2) is 20.3 Å². The van der Waals surface area contributed by atoms with Crippen LogP contribution in [0.4, 0.5) is 0 Å². The Balaban J connectivity index is 3.34. The van der Waals surface area contributed by atoms with Gasteiger partial charge < -0.3 is 15.2 Å². The maximum absolute atomic E-state index is 5.84. The number of methoxy groups -OCH3 is 2. The SMILES string of the molecule is COc1c(Br)cc(C)c(CC(C)N)c1OC. The van der Waals surface area contributed by atoms with E-state index >= 15 is 0 Å². The van der Waals surface area contributed by atoms with Crippen molar-refractivity contribution in [2.45, 2.75) is 26.3 Å². The van der Waals surface area contributed by atoms with Crippen LogP contribution in [0, 0.1) is 6.92 Å². The lowest BCUT2D eigenvalue weighted by Crippen LogP contribution is -2.19. The van der Waals surface area contributed by atoms with E-state index in [1.54, 1.807) is 14.2 Å². The largest absolute Gasteiger partial charge is 0.493 e. The lowest BCUT2D eigenvalue weighted by molar-refractivity contribution is 0.349. The molecule has 4 heteroatoms. The van der Waals surface area contributed by atoms with Gasteiger partial charge in [-0.2, -0.15) is 0 Å². The predicted molar refractivity (Wildman–Crippen MR) is 69.3 cm³/mol. The van der Waals surface area contributed by atoms with E-state index in [-0.39, 0.29) is 6.04 Å². The van der Waals surface area contributed by atoms with Crippen molar-refractivity contribution in [1.29, 1.82) is 0 Å². The van der Waals surface area contributed by atoms with Crippen molar-refractivity contribution >= 4 is 15.9 Å². The first-order valence-electron chi connectivity index (χ1n) is 5.16. The summed E-state index contributed by atoms with van der Waals surface area (Å²) >= 11 is 3.46. The second-order valence-electron chi connectivity index (χ2n) is 3.90. The van der Waals surface area contributed by atoms with Crippen LogP contribution in [0.25, 0.3) is 0 Å². The van der Waals surface area contributed by atoms with E-state index in [4.69, 9.17) is 15.2 Å². The Hall–Kier alpha value is -0.740. The molecule has 1 aromatic carbocycles. The van der Waals surface area contributed by atoms with Crippen molar-refractivity contribution in [3.05, 3.63) is 21.7 Å². The number of ether oxygens (including phenoxy) is 2. The molecule has 0 aliphatic heterocycles. The zero-order valence-electron chi connectivity index (χ0n) is 10.1. The highest BCUT2D eigenvalue weighted by Crippen LogP contribution is 2.40. The number of aryl methyl sites for hydroxylation is 1. The molecule has 3 nitrogen and oxygen atoms in total. The van der Waals surface area contributed by atoms with E-state index in [0.29, 0.717) is 0 Å². The van der Waals surface area contributed by atoms with Crippen LogP contribution < -0.4 is 15.2 Å². The Morgan fingerprint density at radius 3 is 2.31 bits per heavy atom. The van der Waals surface area contributed by atoms with E-state index in [9.17, 15) is 0 Å². The summed E-state index contributed by atoms with van der Waals surface area (Å²) in [6, 6.07) is 2.12. The first-order valence-corrected chi connectivity index (χ1v) is 5.96. The fourth-order valence-electron chi connectivity index (χ4n) is 1.75. The average Bonchev–Trinajstić information content (AvgIpc) is 2.20. The van der Waals surface area contributed by atoms with E-state index in [0.717, 1.165) is 33.5 Å².